The number of rotatable bonds is 62. The van der Waals surface area contributed by atoms with Gasteiger partial charge in [-0.2, -0.15) is 0 Å². The summed E-state index contributed by atoms with van der Waals surface area (Å²) >= 11 is 0. The summed E-state index contributed by atoms with van der Waals surface area (Å²) < 4.78 is 68.0. The van der Waals surface area contributed by atoms with Crippen LogP contribution in [-0.4, -0.2) is 96.7 Å². The molecule has 0 fully saturated rings. The monoisotopic (exact) mass is 1240 g/mol. The van der Waals surface area contributed by atoms with Crippen molar-refractivity contribution in [2.45, 2.75) is 331 Å². The number of unbranched alkanes of at least 4 members (excludes halogenated alkanes) is 27. The largest absolute Gasteiger partial charge is 0.472 e. The highest BCUT2D eigenvalue weighted by Crippen LogP contribution is 2.45. The number of carbonyl (C=O) groups is 4. The summed E-state index contributed by atoms with van der Waals surface area (Å²) in [6, 6.07) is 0. The fourth-order valence-electron chi connectivity index (χ4n) is 9.57. The Morgan fingerprint density at radius 2 is 0.571 bits per heavy atom. The zero-order chi connectivity index (χ0) is 62.5. The van der Waals surface area contributed by atoms with E-state index in [0.29, 0.717) is 31.6 Å². The van der Waals surface area contributed by atoms with Crippen LogP contribution in [0.3, 0.4) is 0 Å². The van der Waals surface area contributed by atoms with E-state index >= 15 is 0 Å². The lowest BCUT2D eigenvalue weighted by atomic mass is 10.00. The summed E-state index contributed by atoms with van der Waals surface area (Å²) in [6.07, 6.45) is 35.0. The maximum absolute atomic E-state index is 13.0. The zero-order valence-corrected chi connectivity index (χ0v) is 56.3. The Bertz CT molecular complexity index is 1680. The van der Waals surface area contributed by atoms with Gasteiger partial charge < -0.3 is 33.8 Å². The minimum Gasteiger partial charge on any atom is -0.462 e. The molecule has 0 aliphatic rings. The highest BCUT2D eigenvalue weighted by atomic mass is 31.2. The molecule has 0 rings (SSSR count). The van der Waals surface area contributed by atoms with Crippen LogP contribution >= 0.6 is 15.6 Å². The van der Waals surface area contributed by atoms with E-state index in [1.165, 1.54) is 109 Å². The molecule has 498 valence electrons. The van der Waals surface area contributed by atoms with Crippen LogP contribution < -0.4 is 0 Å². The fraction of sp³-hybridized carbons (Fsp3) is 0.938. The number of hydrogen-bond donors (Lipinski definition) is 3. The number of phosphoric acid groups is 2. The van der Waals surface area contributed by atoms with Crippen molar-refractivity contribution in [3.63, 3.8) is 0 Å². The first-order valence-corrected chi connectivity index (χ1v) is 36.7. The highest BCUT2D eigenvalue weighted by molar-refractivity contribution is 7.47. The third-order valence-corrected chi connectivity index (χ3v) is 17.1. The van der Waals surface area contributed by atoms with E-state index < -0.39 is 97.5 Å². The smallest absolute Gasteiger partial charge is 0.462 e. The predicted octanol–water partition coefficient (Wildman–Crippen LogP) is 17.8. The van der Waals surface area contributed by atoms with Crippen LogP contribution in [0.15, 0.2) is 0 Å². The van der Waals surface area contributed by atoms with Gasteiger partial charge in [0.15, 0.2) is 12.2 Å². The van der Waals surface area contributed by atoms with Gasteiger partial charge in [0.05, 0.1) is 26.4 Å². The molecular weight excluding hydrogens is 1110 g/mol. The minimum atomic E-state index is -4.95. The number of aliphatic hydroxyl groups excluding tert-OH is 1. The highest BCUT2D eigenvalue weighted by Gasteiger charge is 2.30. The van der Waals surface area contributed by atoms with Crippen molar-refractivity contribution in [2.75, 3.05) is 39.6 Å². The van der Waals surface area contributed by atoms with Gasteiger partial charge in [0, 0.05) is 25.7 Å². The Balaban J connectivity index is 5.24. The Morgan fingerprint density at radius 1 is 0.333 bits per heavy atom. The molecule has 19 heteroatoms. The number of hydrogen-bond acceptors (Lipinski definition) is 15. The minimum absolute atomic E-state index is 0.102. The van der Waals surface area contributed by atoms with Crippen LogP contribution in [0.25, 0.3) is 0 Å². The van der Waals surface area contributed by atoms with Gasteiger partial charge in [-0.25, -0.2) is 9.13 Å². The maximum atomic E-state index is 13.0. The van der Waals surface area contributed by atoms with Crippen LogP contribution in [0.5, 0.6) is 0 Å². The number of carbonyl (C=O) groups excluding carboxylic acids is 4. The molecule has 0 amide bonds. The van der Waals surface area contributed by atoms with Crippen LogP contribution in [0.1, 0.15) is 312 Å². The molecule has 0 saturated carbocycles. The molecule has 0 aliphatic carbocycles. The summed E-state index contributed by atoms with van der Waals surface area (Å²) in [5.74, 6) is 0.753. The fourth-order valence-corrected chi connectivity index (χ4v) is 11.2. The number of ether oxygens (including phenoxy) is 4. The molecule has 0 aliphatic heterocycles. The molecule has 0 aromatic heterocycles. The molecule has 17 nitrogen and oxygen atoms in total. The first kappa shape index (κ1) is 82.1. The topological polar surface area (TPSA) is 237 Å². The Morgan fingerprint density at radius 3 is 0.845 bits per heavy atom. The molecule has 0 heterocycles. The molecule has 3 N–H and O–H groups in total. The van der Waals surface area contributed by atoms with E-state index in [1.807, 2.05) is 0 Å². The second kappa shape index (κ2) is 55.2. The van der Waals surface area contributed by atoms with Crippen molar-refractivity contribution in [1.29, 1.82) is 0 Å². The molecule has 0 radical (unpaired) electrons. The van der Waals surface area contributed by atoms with E-state index in [4.69, 9.17) is 37.0 Å². The van der Waals surface area contributed by atoms with Gasteiger partial charge in [-0.15, -0.1) is 0 Å². The molecule has 6 atom stereocenters. The normalized spacial score (nSPS) is 14.7. The van der Waals surface area contributed by atoms with E-state index in [9.17, 15) is 43.2 Å². The van der Waals surface area contributed by atoms with Crippen molar-refractivity contribution in [3.8, 4) is 0 Å². The molecule has 0 bridgehead atoms. The maximum Gasteiger partial charge on any atom is 0.472 e. The van der Waals surface area contributed by atoms with Gasteiger partial charge in [0.25, 0.3) is 0 Å². The second-order valence-corrected chi connectivity index (χ2v) is 28.1. The molecule has 0 spiro atoms. The van der Waals surface area contributed by atoms with Gasteiger partial charge >= 0.3 is 39.5 Å². The molecule has 3 unspecified atom stereocenters. The summed E-state index contributed by atoms with van der Waals surface area (Å²) in [5, 5.41) is 10.5. The van der Waals surface area contributed by atoms with Gasteiger partial charge in [0.1, 0.15) is 19.3 Å². The zero-order valence-electron chi connectivity index (χ0n) is 54.5. The SMILES string of the molecule is CCC(C)CCCCCCCCC(=O)O[C@H](COC(=O)CCCCCCCCCCCCC(C)C)COP(=O)(O)OC[C@@H](O)COP(=O)(O)OC[C@@H](COC(=O)CCCCCCCCC(C)C)OC(=O)CCCCCCCCCCCC(C)C. The van der Waals surface area contributed by atoms with Crippen LogP contribution in [0.2, 0.25) is 0 Å². The lowest BCUT2D eigenvalue weighted by Gasteiger charge is -2.21. The quantitative estimate of drug-likeness (QED) is 0.0222. The first-order chi connectivity index (χ1) is 40.1. The molecule has 0 saturated heterocycles. The third-order valence-electron chi connectivity index (χ3n) is 15.2. The van der Waals surface area contributed by atoms with Crippen LogP contribution in [0, 0.1) is 23.7 Å². The summed E-state index contributed by atoms with van der Waals surface area (Å²) in [7, 11) is -9.89. The van der Waals surface area contributed by atoms with E-state index in [2.05, 4.69) is 55.4 Å². The number of aliphatic hydroxyl groups is 1. The van der Waals surface area contributed by atoms with Crippen LogP contribution in [0.4, 0.5) is 0 Å². The Hall–Kier alpha value is -1.94. The van der Waals surface area contributed by atoms with E-state index in [-0.39, 0.29) is 25.7 Å². The van der Waals surface area contributed by atoms with Gasteiger partial charge in [0.2, 0.25) is 0 Å². The Labute approximate surface area is 511 Å². The molecule has 84 heavy (non-hydrogen) atoms. The van der Waals surface area contributed by atoms with Crippen molar-refractivity contribution in [1.82, 2.24) is 0 Å². The first-order valence-electron chi connectivity index (χ1n) is 33.7. The average Bonchev–Trinajstić information content (AvgIpc) is 3.47. The lowest BCUT2D eigenvalue weighted by molar-refractivity contribution is -0.161. The Kier molecular flexibility index (Phi) is 53.9. The third kappa shape index (κ3) is 57.8. The van der Waals surface area contributed by atoms with Crippen LogP contribution in [-0.2, 0) is 65.4 Å². The van der Waals surface area contributed by atoms with E-state index in [1.54, 1.807) is 0 Å². The summed E-state index contributed by atoms with van der Waals surface area (Å²) in [4.78, 5) is 72.2. The summed E-state index contributed by atoms with van der Waals surface area (Å²) in [5.41, 5.74) is 0. The second-order valence-electron chi connectivity index (χ2n) is 25.2. The van der Waals surface area contributed by atoms with Crippen molar-refractivity contribution in [3.05, 3.63) is 0 Å². The summed E-state index contributed by atoms with van der Waals surface area (Å²) in [6.45, 7) is 13.9. The number of phosphoric ester groups is 2. The standard InChI is InChI=1S/C65H126O17P2/c1-9-58(8)44-36-28-22-24-32-40-48-65(70)82-61(51-75-62(67)45-37-29-19-15-11-10-13-17-25-33-41-55(2)3)54-80-84(73,74)78-50-59(66)49-77-83(71,72)79-53-60(52-76-63(68)46-38-30-23-21-27-35-43-57(6)7)81-64(69)47-39-31-20-16-12-14-18-26-34-42-56(4)5/h55-61,66H,9-54H2,1-8H3,(H,71,72)(H,73,74)/t58?,59-,60+,61+/m0/s1. The molecular formula is C65H126O17P2. The van der Waals surface area contributed by atoms with Gasteiger partial charge in [-0.1, -0.05) is 261 Å². The predicted molar refractivity (Wildman–Crippen MR) is 335 cm³/mol. The van der Waals surface area contributed by atoms with Gasteiger partial charge in [-0.3, -0.25) is 37.3 Å². The molecule has 0 aromatic carbocycles. The average molecular weight is 1240 g/mol. The lowest BCUT2D eigenvalue weighted by Crippen LogP contribution is -2.30. The van der Waals surface area contributed by atoms with E-state index in [0.717, 1.165) is 114 Å². The van der Waals surface area contributed by atoms with Gasteiger partial charge in [-0.05, 0) is 49.4 Å². The van der Waals surface area contributed by atoms with Crippen molar-refractivity contribution in [2.24, 2.45) is 23.7 Å². The number of esters is 4. The molecule has 0 aromatic rings. The van der Waals surface area contributed by atoms with Crippen molar-refractivity contribution >= 4 is 39.5 Å². The van der Waals surface area contributed by atoms with Crippen molar-refractivity contribution < 1.29 is 80.2 Å².